The number of hydrogen-bond donors (Lipinski definition) is 1. The SMILES string of the molecule is CC[C@H](CN(CC)S(=O)(=O)[C@@H](C)c1ccccn1)NC. The second-order valence-electron chi connectivity index (χ2n) is 4.79. The van der Waals surface area contributed by atoms with E-state index in [-0.39, 0.29) is 6.04 Å². The third kappa shape index (κ3) is 4.01. The number of nitrogens with zero attached hydrogens (tertiary/aromatic N) is 2. The molecule has 0 aliphatic rings. The van der Waals surface area contributed by atoms with E-state index in [0.717, 1.165) is 6.42 Å². The van der Waals surface area contributed by atoms with Crippen molar-refractivity contribution in [2.45, 2.75) is 38.5 Å². The standard InChI is InChI=1S/C14H25N3O2S/c1-5-13(15-4)11-17(6-2)20(18,19)12(3)14-9-7-8-10-16-14/h7-10,12-13,15H,5-6,11H2,1-4H3/t12-,13+/m0/s1. The van der Waals surface area contributed by atoms with Gasteiger partial charge in [-0.2, -0.15) is 0 Å². The predicted molar refractivity (Wildman–Crippen MR) is 82.0 cm³/mol. The van der Waals surface area contributed by atoms with Crippen LogP contribution in [0.5, 0.6) is 0 Å². The number of pyridine rings is 1. The van der Waals surface area contributed by atoms with Crippen LogP contribution in [0.2, 0.25) is 0 Å². The molecule has 0 saturated carbocycles. The highest BCUT2D eigenvalue weighted by Gasteiger charge is 2.30. The van der Waals surface area contributed by atoms with E-state index in [1.54, 1.807) is 25.3 Å². The minimum absolute atomic E-state index is 0.167. The Hall–Kier alpha value is -0.980. The first-order valence-electron chi connectivity index (χ1n) is 7.04. The average Bonchev–Trinajstić information content (AvgIpc) is 2.48. The molecule has 0 spiro atoms. The summed E-state index contributed by atoms with van der Waals surface area (Å²) in [6.45, 7) is 6.57. The normalized spacial score (nSPS) is 15.2. The van der Waals surface area contributed by atoms with Crippen molar-refractivity contribution >= 4 is 10.0 Å². The van der Waals surface area contributed by atoms with Crippen LogP contribution in [0, 0.1) is 0 Å². The van der Waals surface area contributed by atoms with Gasteiger partial charge in [-0.3, -0.25) is 4.98 Å². The van der Waals surface area contributed by atoms with E-state index in [9.17, 15) is 8.42 Å². The van der Waals surface area contributed by atoms with Crippen LogP contribution in [0.25, 0.3) is 0 Å². The summed E-state index contributed by atoms with van der Waals surface area (Å²) in [5.74, 6) is 0. The lowest BCUT2D eigenvalue weighted by Crippen LogP contribution is -2.43. The molecule has 0 aromatic carbocycles. The molecule has 0 radical (unpaired) electrons. The maximum absolute atomic E-state index is 12.7. The molecule has 0 bridgehead atoms. The Bertz CT molecular complexity index is 486. The van der Waals surface area contributed by atoms with Crippen molar-refractivity contribution in [2.24, 2.45) is 0 Å². The van der Waals surface area contributed by atoms with Gasteiger partial charge in [-0.15, -0.1) is 0 Å². The van der Waals surface area contributed by atoms with Crippen molar-refractivity contribution in [3.63, 3.8) is 0 Å². The summed E-state index contributed by atoms with van der Waals surface area (Å²) in [5, 5.41) is 2.52. The predicted octanol–water partition coefficient (Wildman–Crippen LogP) is 1.79. The van der Waals surface area contributed by atoms with Gasteiger partial charge in [0, 0.05) is 25.3 Å². The molecule has 114 valence electrons. The van der Waals surface area contributed by atoms with Gasteiger partial charge in [0.25, 0.3) is 0 Å². The lowest BCUT2D eigenvalue weighted by Gasteiger charge is -2.27. The van der Waals surface area contributed by atoms with E-state index in [1.807, 2.05) is 27.0 Å². The van der Waals surface area contributed by atoms with Crippen LogP contribution < -0.4 is 5.32 Å². The highest BCUT2D eigenvalue weighted by molar-refractivity contribution is 7.89. The topological polar surface area (TPSA) is 62.3 Å². The summed E-state index contributed by atoms with van der Waals surface area (Å²) in [7, 11) is -1.53. The molecule has 0 aliphatic carbocycles. The van der Waals surface area contributed by atoms with Gasteiger partial charge in [0.1, 0.15) is 5.25 Å². The monoisotopic (exact) mass is 299 g/mol. The number of aromatic nitrogens is 1. The first-order chi connectivity index (χ1) is 9.47. The molecule has 1 rings (SSSR count). The Balaban J connectivity index is 2.94. The number of rotatable bonds is 8. The molecule has 20 heavy (non-hydrogen) atoms. The highest BCUT2D eigenvalue weighted by Crippen LogP contribution is 2.23. The molecular formula is C14H25N3O2S. The van der Waals surface area contributed by atoms with Crippen LogP contribution in [0.1, 0.15) is 38.1 Å². The Labute approximate surface area is 122 Å². The smallest absolute Gasteiger partial charge is 0.222 e. The summed E-state index contributed by atoms with van der Waals surface area (Å²) in [6.07, 6.45) is 2.51. The largest absolute Gasteiger partial charge is 0.316 e. The van der Waals surface area contributed by atoms with Crippen molar-refractivity contribution < 1.29 is 8.42 Å². The van der Waals surface area contributed by atoms with Crippen molar-refractivity contribution in [3.8, 4) is 0 Å². The van der Waals surface area contributed by atoms with Gasteiger partial charge in [-0.1, -0.05) is 19.9 Å². The molecule has 0 unspecified atom stereocenters. The molecule has 1 N–H and O–H groups in total. The van der Waals surface area contributed by atoms with Gasteiger partial charge >= 0.3 is 0 Å². The van der Waals surface area contributed by atoms with Crippen LogP contribution in [-0.4, -0.2) is 43.9 Å². The molecule has 0 amide bonds. The first kappa shape index (κ1) is 17.1. The van der Waals surface area contributed by atoms with Crippen molar-refractivity contribution in [1.29, 1.82) is 0 Å². The lowest BCUT2D eigenvalue weighted by atomic mass is 10.2. The Morgan fingerprint density at radius 1 is 1.35 bits per heavy atom. The minimum atomic E-state index is -3.39. The summed E-state index contributed by atoms with van der Waals surface area (Å²) < 4.78 is 26.9. The van der Waals surface area contributed by atoms with Gasteiger partial charge < -0.3 is 5.32 Å². The van der Waals surface area contributed by atoms with Crippen LogP contribution in [0.15, 0.2) is 24.4 Å². The molecule has 1 aromatic heterocycles. The number of likely N-dealkylation sites (N-methyl/N-ethyl adjacent to an activating group) is 2. The summed E-state index contributed by atoms with van der Waals surface area (Å²) in [4.78, 5) is 4.16. The number of hydrogen-bond acceptors (Lipinski definition) is 4. The van der Waals surface area contributed by atoms with Gasteiger partial charge in [0.15, 0.2) is 0 Å². The molecule has 0 aliphatic heterocycles. The Morgan fingerprint density at radius 2 is 2.05 bits per heavy atom. The third-order valence-electron chi connectivity index (χ3n) is 3.59. The van der Waals surface area contributed by atoms with Crippen LogP contribution in [-0.2, 0) is 10.0 Å². The quantitative estimate of drug-likeness (QED) is 0.795. The maximum atomic E-state index is 12.7. The van der Waals surface area contributed by atoms with E-state index >= 15 is 0 Å². The van der Waals surface area contributed by atoms with Gasteiger partial charge in [0.2, 0.25) is 10.0 Å². The highest BCUT2D eigenvalue weighted by atomic mass is 32.2. The van der Waals surface area contributed by atoms with E-state index in [4.69, 9.17) is 0 Å². The lowest BCUT2D eigenvalue weighted by molar-refractivity contribution is 0.365. The first-order valence-corrected chi connectivity index (χ1v) is 8.54. The Morgan fingerprint density at radius 3 is 2.50 bits per heavy atom. The number of sulfonamides is 1. The molecule has 0 saturated heterocycles. The molecular weight excluding hydrogens is 274 g/mol. The molecule has 1 aromatic rings. The molecule has 6 heteroatoms. The van der Waals surface area contributed by atoms with Crippen LogP contribution >= 0.6 is 0 Å². The van der Waals surface area contributed by atoms with E-state index in [0.29, 0.717) is 18.8 Å². The zero-order valence-electron chi connectivity index (χ0n) is 12.7. The van der Waals surface area contributed by atoms with E-state index in [1.165, 1.54) is 4.31 Å². The van der Waals surface area contributed by atoms with Crippen LogP contribution in [0.4, 0.5) is 0 Å². The van der Waals surface area contributed by atoms with Crippen molar-refractivity contribution in [3.05, 3.63) is 30.1 Å². The minimum Gasteiger partial charge on any atom is -0.316 e. The molecule has 1 heterocycles. The Kier molecular flexibility index (Phi) is 6.58. The zero-order valence-corrected chi connectivity index (χ0v) is 13.5. The summed E-state index contributed by atoms with van der Waals surface area (Å²) >= 11 is 0. The second kappa shape index (κ2) is 7.71. The maximum Gasteiger partial charge on any atom is 0.222 e. The number of nitrogens with one attached hydrogen (secondary N) is 1. The van der Waals surface area contributed by atoms with Gasteiger partial charge in [-0.05, 0) is 32.5 Å². The second-order valence-corrected chi connectivity index (χ2v) is 7.04. The van der Waals surface area contributed by atoms with Crippen molar-refractivity contribution in [1.82, 2.24) is 14.6 Å². The molecule has 5 nitrogen and oxygen atoms in total. The fourth-order valence-corrected chi connectivity index (χ4v) is 3.72. The molecule has 0 fully saturated rings. The average molecular weight is 299 g/mol. The summed E-state index contributed by atoms with van der Waals surface area (Å²) in [5.41, 5.74) is 0.587. The third-order valence-corrected chi connectivity index (χ3v) is 5.85. The van der Waals surface area contributed by atoms with Crippen LogP contribution in [0.3, 0.4) is 0 Å². The summed E-state index contributed by atoms with van der Waals surface area (Å²) in [6, 6.07) is 5.52. The zero-order chi connectivity index (χ0) is 15.2. The van der Waals surface area contributed by atoms with Gasteiger partial charge in [-0.25, -0.2) is 12.7 Å². The van der Waals surface area contributed by atoms with E-state index < -0.39 is 15.3 Å². The molecule has 2 atom stereocenters. The fraction of sp³-hybridized carbons (Fsp3) is 0.643. The fourth-order valence-electron chi connectivity index (χ4n) is 2.08. The van der Waals surface area contributed by atoms with Crippen molar-refractivity contribution in [2.75, 3.05) is 20.1 Å². The van der Waals surface area contributed by atoms with Gasteiger partial charge in [0.05, 0.1) is 5.69 Å². The van der Waals surface area contributed by atoms with E-state index in [2.05, 4.69) is 10.3 Å².